The Morgan fingerprint density at radius 2 is 1.85 bits per heavy atom. The van der Waals surface area contributed by atoms with Gasteiger partial charge in [0, 0.05) is 47.3 Å². The van der Waals surface area contributed by atoms with E-state index < -0.39 is 0 Å². The van der Waals surface area contributed by atoms with E-state index >= 15 is 0 Å². The summed E-state index contributed by atoms with van der Waals surface area (Å²) in [6.07, 6.45) is 2.71. The number of amides is 1. The lowest BCUT2D eigenvalue weighted by atomic mass is 10.1. The fourth-order valence-corrected chi connectivity index (χ4v) is 3.79. The summed E-state index contributed by atoms with van der Waals surface area (Å²) in [6, 6.07) is 14.3. The number of benzene rings is 2. The number of rotatable bonds is 4. The van der Waals surface area contributed by atoms with Gasteiger partial charge in [-0.25, -0.2) is 0 Å². The van der Waals surface area contributed by atoms with Crippen LogP contribution in [0.4, 0.5) is 0 Å². The Labute approximate surface area is 152 Å². The van der Waals surface area contributed by atoms with Gasteiger partial charge in [0.2, 0.25) is 0 Å². The molecule has 4 heteroatoms. The van der Waals surface area contributed by atoms with Crippen LogP contribution in [0.5, 0.6) is 0 Å². The first-order valence-corrected chi connectivity index (χ1v) is 8.95. The van der Waals surface area contributed by atoms with Gasteiger partial charge in [-0.1, -0.05) is 36.4 Å². The van der Waals surface area contributed by atoms with Crippen LogP contribution in [0.15, 0.2) is 48.7 Å². The number of nitrogens with zero attached hydrogens (tertiary/aromatic N) is 1. The summed E-state index contributed by atoms with van der Waals surface area (Å²) in [5.41, 5.74) is 6.70. The highest BCUT2D eigenvalue weighted by Gasteiger charge is 2.14. The smallest absolute Gasteiger partial charge is 0.253 e. The van der Waals surface area contributed by atoms with Crippen LogP contribution in [-0.4, -0.2) is 22.0 Å². The normalized spacial score (nSPS) is 11.3. The summed E-state index contributed by atoms with van der Waals surface area (Å²) in [5.74, 6) is -0.0181. The zero-order valence-corrected chi connectivity index (χ0v) is 15.4. The molecule has 0 bridgehead atoms. The topological polar surface area (TPSA) is 49.8 Å². The highest BCUT2D eigenvalue weighted by atomic mass is 16.1. The van der Waals surface area contributed by atoms with Crippen LogP contribution in [0, 0.1) is 13.8 Å². The van der Waals surface area contributed by atoms with Crippen LogP contribution in [0.2, 0.25) is 0 Å². The van der Waals surface area contributed by atoms with Crippen molar-refractivity contribution in [2.24, 2.45) is 7.05 Å². The second-order valence-electron chi connectivity index (χ2n) is 6.90. The van der Waals surface area contributed by atoms with Gasteiger partial charge in [-0.15, -0.1) is 0 Å². The quantitative estimate of drug-likeness (QED) is 0.571. The summed E-state index contributed by atoms with van der Waals surface area (Å²) in [7, 11) is 1.97. The van der Waals surface area contributed by atoms with E-state index in [0.717, 1.165) is 22.9 Å². The molecule has 0 radical (unpaired) electrons. The maximum Gasteiger partial charge on any atom is 0.253 e. The summed E-state index contributed by atoms with van der Waals surface area (Å²) in [5, 5.41) is 5.33. The number of aromatic amines is 1. The van der Waals surface area contributed by atoms with E-state index in [-0.39, 0.29) is 5.91 Å². The van der Waals surface area contributed by atoms with Gasteiger partial charge in [0.15, 0.2) is 0 Å². The van der Waals surface area contributed by atoms with E-state index in [4.69, 9.17) is 0 Å². The third-order valence-electron chi connectivity index (χ3n) is 5.17. The molecule has 2 aromatic heterocycles. The van der Waals surface area contributed by atoms with Gasteiger partial charge in [0.05, 0.1) is 5.56 Å². The standard InChI is InChI=1S/C22H23N3O/c1-14-7-6-9-18-16(15(2)24-21(14)18)11-12-23-22(26)19-13-25(3)20-10-5-4-8-17(19)20/h4-10,13,24H,11-12H2,1-3H3,(H,23,26). The average Bonchev–Trinajstić information content (AvgIpc) is 3.14. The van der Waals surface area contributed by atoms with Crippen LogP contribution in [0.1, 0.15) is 27.2 Å². The lowest BCUT2D eigenvalue weighted by molar-refractivity contribution is 0.0955. The first-order chi connectivity index (χ1) is 12.6. The fraction of sp³-hybridized carbons (Fsp3) is 0.227. The summed E-state index contributed by atoms with van der Waals surface area (Å²) in [4.78, 5) is 16.1. The number of aryl methyl sites for hydroxylation is 3. The van der Waals surface area contributed by atoms with Crippen LogP contribution < -0.4 is 5.32 Å². The molecule has 132 valence electrons. The molecule has 0 spiro atoms. The van der Waals surface area contributed by atoms with E-state index in [9.17, 15) is 4.79 Å². The van der Waals surface area contributed by atoms with Crippen molar-refractivity contribution in [2.45, 2.75) is 20.3 Å². The molecule has 2 aromatic carbocycles. The Hall–Kier alpha value is -3.01. The molecule has 0 unspecified atom stereocenters. The molecule has 0 aliphatic heterocycles. The van der Waals surface area contributed by atoms with Crippen LogP contribution in [0.25, 0.3) is 21.8 Å². The predicted octanol–water partition coefficient (Wildman–Crippen LogP) is 4.25. The molecule has 26 heavy (non-hydrogen) atoms. The Kier molecular flexibility index (Phi) is 4.03. The lowest BCUT2D eigenvalue weighted by Gasteiger charge is -2.05. The van der Waals surface area contributed by atoms with Crippen molar-refractivity contribution in [3.63, 3.8) is 0 Å². The molecule has 4 rings (SSSR count). The lowest BCUT2D eigenvalue weighted by Crippen LogP contribution is -2.25. The van der Waals surface area contributed by atoms with Gasteiger partial charge in [0.1, 0.15) is 0 Å². The van der Waals surface area contributed by atoms with Gasteiger partial charge >= 0.3 is 0 Å². The van der Waals surface area contributed by atoms with Crippen molar-refractivity contribution < 1.29 is 4.79 Å². The minimum atomic E-state index is -0.0181. The van der Waals surface area contributed by atoms with Gasteiger partial charge < -0.3 is 14.9 Å². The molecule has 0 fully saturated rings. The number of aromatic nitrogens is 2. The largest absolute Gasteiger partial charge is 0.358 e. The van der Waals surface area contributed by atoms with E-state index in [2.05, 4.69) is 42.3 Å². The molecule has 0 saturated carbocycles. The molecular formula is C22H23N3O. The van der Waals surface area contributed by atoms with Gasteiger partial charge in [0.25, 0.3) is 5.91 Å². The van der Waals surface area contributed by atoms with Gasteiger partial charge in [-0.05, 0) is 37.5 Å². The first-order valence-electron chi connectivity index (χ1n) is 8.95. The molecular weight excluding hydrogens is 322 g/mol. The van der Waals surface area contributed by atoms with E-state index in [0.29, 0.717) is 6.54 Å². The summed E-state index contributed by atoms with van der Waals surface area (Å²) >= 11 is 0. The monoisotopic (exact) mass is 345 g/mol. The summed E-state index contributed by atoms with van der Waals surface area (Å²) < 4.78 is 2.00. The van der Waals surface area contributed by atoms with Crippen molar-refractivity contribution in [3.05, 3.63) is 71.0 Å². The van der Waals surface area contributed by atoms with Crippen molar-refractivity contribution in [1.29, 1.82) is 0 Å². The number of fused-ring (bicyclic) bond motifs is 2. The van der Waals surface area contributed by atoms with Crippen LogP contribution in [0.3, 0.4) is 0 Å². The third kappa shape index (κ3) is 2.68. The highest BCUT2D eigenvalue weighted by Crippen LogP contribution is 2.25. The Bertz CT molecular complexity index is 1120. The number of H-pyrrole nitrogens is 1. The number of nitrogens with one attached hydrogen (secondary N) is 2. The molecule has 1 amide bonds. The Balaban J connectivity index is 1.52. The number of para-hydroxylation sites is 2. The molecule has 0 saturated heterocycles. The van der Waals surface area contributed by atoms with Crippen LogP contribution >= 0.6 is 0 Å². The van der Waals surface area contributed by atoms with E-state index in [1.165, 1.54) is 27.7 Å². The molecule has 0 aliphatic carbocycles. The third-order valence-corrected chi connectivity index (χ3v) is 5.17. The maximum absolute atomic E-state index is 12.7. The number of carbonyl (C=O) groups is 1. The molecule has 0 aliphatic rings. The predicted molar refractivity (Wildman–Crippen MR) is 107 cm³/mol. The molecule has 0 atom stereocenters. The molecule has 2 heterocycles. The molecule has 4 aromatic rings. The van der Waals surface area contributed by atoms with Crippen molar-refractivity contribution >= 4 is 27.7 Å². The zero-order valence-electron chi connectivity index (χ0n) is 15.4. The highest BCUT2D eigenvalue weighted by molar-refractivity contribution is 6.07. The minimum Gasteiger partial charge on any atom is -0.358 e. The van der Waals surface area contributed by atoms with Gasteiger partial charge in [-0.2, -0.15) is 0 Å². The van der Waals surface area contributed by atoms with Gasteiger partial charge in [-0.3, -0.25) is 4.79 Å². The number of hydrogen-bond acceptors (Lipinski definition) is 1. The van der Waals surface area contributed by atoms with Crippen molar-refractivity contribution in [3.8, 4) is 0 Å². The number of hydrogen-bond donors (Lipinski definition) is 2. The first kappa shape index (κ1) is 16.5. The Morgan fingerprint density at radius 3 is 2.69 bits per heavy atom. The SMILES string of the molecule is Cc1[nH]c2c(C)cccc2c1CCNC(=O)c1cn(C)c2ccccc12. The van der Waals surface area contributed by atoms with E-state index in [1.54, 1.807) is 0 Å². The van der Waals surface area contributed by atoms with Crippen molar-refractivity contribution in [2.75, 3.05) is 6.54 Å². The van der Waals surface area contributed by atoms with E-state index in [1.807, 2.05) is 42.1 Å². The Morgan fingerprint density at radius 1 is 1.08 bits per heavy atom. The zero-order chi connectivity index (χ0) is 18.3. The van der Waals surface area contributed by atoms with Crippen molar-refractivity contribution in [1.82, 2.24) is 14.9 Å². The molecule has 4 nitrogen and oxygen atoms in total. The average molecular weight is 345 g/mol. The van der Waals surface area contributed by atoms with Crippen LogP contribution in [-0.2, 0) is 13.5 Å². The maximum atomic E-state index is 12.7. The number of carbonyl (C=O) groups excluding carboxylic acids is 1. The molecule has 2 N–H and O–H groups in total. The fourth-order valence-electron chi connectivity index (χ4n) is 3.79. The minimum absolute atomic E-state index is 0.0181. The summed E-state index contributed by atoms with van der Waals surface area (Å²) in [6.45, 7) is 4.83. The second-order valence-corrected chi connectivity index (χ2v) is 6.90. The second kappa shape index (κ2) is 6.37.